The summed E-state index contributed by atoms with van der Waals surface area (Å²) in [6.45, 7) is 0. The smallest absolute Gasteiger partial charge is 0.303 e. The molecule has 2 aromatic carbocycles. The molecule has 3 rings (SSSR count). The fraction of sp³-hybridized carbons (Fsp3) is 0.300. The van der Waals surface area contributed by atoms with Crippen molar-refractivity contribution < 1.29 is 14.7 Å². The molecule has 2 N–H and O–H groups in total. The SMILES string of the molecule is O=C(O)CCC(NC(=O)C1CC1c1cccc(Cl)c1)c1ccccc1. The Morgan fingerprint density at radius 3 is 2.60 bits per heavy atom. The molecule has 0 saturated heterocycles. The number of rotatable bonds is 7. The second kappa shape index (κ2) is 7.70. The first-order valence-corrected chi connectivity index (χ1v) is 8.75. The lowest BCUT2D eigenvalue weighted by atomic mass is 10.0. The third kappa shape index (κ3) is 4.60. The van der Waals surface area contributed by atoms with E-state index in [0.717, 1.165) is 17.5 Å². The van der Waals surface area contributed by atoms with Crippen molar-refractivity contribution in [3.8, 4) is 0 Å². The van der Waals surface area contributed by atoms with Gasteiger partial charge in [0.05, 0.1) is 6.04 Å². The molecule has 0 radical (unpaired) electrons. The second-order valence-electron chi connectivity index (χ2n) is 6.41. The van der Waals surface area contributed by atoms with Gasteiger partial charge in [0, 0.05) is 17.4 Å². The lowest BCUT2D eigenvalue weighted by Crippen LogP contribution is -2.30. The highest BCUT2D eigenvalue weighted by molar-refractivity contribution is 6.30. The van der Waals surface area contributed by atoms with E-state index in [4.69, 9.17) is 16.7 Å². The Bertz CT molecular complexity index is 763. The van der Waals surface area contributed by atoms with Crippen LogP contribution in [0.1, 0.15) is 42.3 Å². The van der Waals surface area contributed by atoms with Gasteiger partial charge in [0.25, 0.3) is 0 Å². The summed E-state index contributed by atoms with van der Waals surface area (Å²) in [6.07, 6.45) is 1.19. The first kappa shape index (κ1) is 17.5. The first-order valence-electron chi connectivity index (χ1n) is 8.37. The second-order valence-corrected chi connectivity index (χ2v) is 6.84. The number of amides is 1. The number of hydrogen-bond acceptors (Lipinski definition) is 2. The molecule has 5 heteroatoms. The van der Waals surface area contributed by atoms with E-state index < -0.39 is 5.97 Å². The number of halogens is 1. The highest BCUT2D eigenvalue weighted by atomic mass is 35.5. The molecule has 0 aliphatic heterocycles. The molecule has 2 aromatic rings. The third-order valence-corrected chi connectivity index (χ3v) is 4.80. The minimum Gasteiger partial charge on any atom is -0.481 e. The molecule has 130 valence electrons. The number of aliphatic carboxylic acids is 1. The number of hydrogen-bond donors (Lipinski definition) is 2. The standard InChI is InChI=1S/C20H20ClNO3/c21-15-8-4-7-14(11-15)16-12-17(16)20(25)22-18(9-10-19(23)24)13-5-2-1-3-6-13/h1-8,11,16-18H,9-10,12H2,(H,22,25)(H,23,24). The van der Waals surface area contributed by atoms with E-state index in [1.54, 1.807) is 0 Å². The number of carbonyl (C=O) groups is 2. The van der Waals surface area contributed by atoms with Gasteiger partial charge in [0.2, 0.25) is 5.91 Å². The third-order valence-electron chi connectivity index (χ3n) is 4.57. The molecule has 0 bridgehead atoms. The molecule has 0 spiro atoms. The van der Waals surface area contributed by atoms with Gasteiger partial charge in [-0.2, -0.15) is 0 Å². The quantitative estimate of drug-likeness (QED) is 0.781. The number of carboxylic acids is 1. The van der Waals surface area contributed by atoms with E-state index in [2.05, 4.69) is 5.32 Å². The van der Waals surface area contributed by atoms with Crippen LogP contribution in [-0.2, 0) is 9.59 Å². The lowest BCUT2D eigenvalue weighted by molar-refractivity contribution is -0.137. The van der Waals surface area contributed by atoms with Gasteiger partial charge in [-0.05, 0) is 42.0 Å². The average Bonchev–Trinajstić information content (AvgIpc) is 3.40. The zero-order valence-corrected chi connectivity index (χ0v) is 14.4. The molecule has 4 nitrogen and oxygen atoms in total. The van der Waals surface area contributed by atoms with Crippen LogP contribution < -0.4 is 5.32 Å². The van der Waals surface area contributed by atoms with Gasteiger partial charge >= 0.3 is 5.97 Å². The Morgan fingerprint density at radius 2 is 1.92 bits per heavy atom. The van der Waals surface area contributed by atoms with Gasteiger partial charge in [0.15, 0.2) is 0 Å². The van der Waals surface area contributed by atoms with Crippen molar-refractivity contribution >= 4 is 23.5 Å². The number of carboxylic acid groups (broad SMARTS) is 1. The van der Waals surface area contributed by atoms with Crippen LogP contribution in [0.5, 0.6) is 0 Å². The number of benzene rings is 2. The molecule has 1 fully saturated rings. The summed E-state index contributed by atoms with van der Waals surface area (Å²) < 4.78 is 0. The van der Waals surface area contributed by atoms with Crippen LogP contribution in [-0.4, -0.2) is 17.0 Å². The fourth-order valence-electron chi connectivity index (χ4n) is 3.14. The van der Waals surface area contributed by atoms with Gasteiger partial charge in [-0.3, -0.25) is 9.59 Å². The molecule has 3 atom stereocenters. The van der Waals surface area contributed by atoms with Crippen LogP contribution >= 0.6 is 11.6 Å². The maximum absolute atomic E-state index is 12.6. The maximum Gasteiger partial charge on any atom is 0.303 e. The summed E-state index contributed by atoms with van der Waals surface area (Å²) >= 11 is 6.02. The van der Waals surface area contributed by atoms with Crippen molar-refractivity contribution in [3.63, 3.8) is 0 Å². The Kier molecular flexibility index (Phi) is 5.39. The topological polar surface area (TPSA) is 66.4 Å². The lowest BCUT2D eigenvalue weighted by Gasteiger charge is -2.18. The molecule has 1 aliphatic rings. The van der Waals surface area contributed by atoms with Crippen molar-refractivity contribution in [2.75, 3.05) is 0 Å². The van der Waals surface area contributed by atoms with Crippen LogP contribution in [0.4, 0.5) is 0 Å². The van der Waals surface area contributed by atoms with E-state index in [1.807, 2.05) is 54.6 Å². The Balaban J connectivity index is 1.65. The van der Waals surface area contributed by atoms with Crippen LogP contribution in [0, 0.1) is 5.92 Å². The van der Waals surface area contributed by atoms with E-state index in [-0.39, 0.29) is 30.2 Å². The summed E-state index contributed by atoms with van der Waals surface area (Å²) in [4.78, 5) is 23.5. The summed E-state index contributed by atoms with van der Waals surface area (Å²) in [5.74, 6) is -0.772. The normalized spacial score (nSPS) is 19.9. The Hall–Kier alpha value is -2.33. The molecule has 1 saturated carbocycles. The van der Waals surface area contributed by atoms with Gasteiger partial charge in [-0.15, -0.1) is 0 Å². The zero-order valence-electron chi connectivity index (χ0n) is 13.7. The molecule has 3 unspecified atom stereocenters. The predicted molar refractivity (Wildman–Crippen MR) is 96.5 cm³/mol. The van der Waals surface area contributed by atoms with Crippen molar-refractivity contribution in [1.29, 1.82) is 0 Å². The molecular weight excluding hydrogens is 338 g/mol. The Morgan fingerprint density at radius 1 is 1.16 bits per heavy atom. The summed E-state index contributed by atoms with van der Waals surface area (Å²) in [7, 11) is 0. The van der Waals surface area contributed by atoms with Crippen molar-refractivity contribution in [2.45, 2.75) is 31.2 Å². The zero-order chi connectivity index (χ0) is 17.8. The van der Waals surface area contributed by atoms with Crippen molar-refractivity contribution in [3.05, 3.63) is 70.7 Å². The number of nitrogens with one attached hydrogen (secondary N) is 1. The van der Waals surface area contributed by atoms with Gasteiger partial charge in [-0.1, -0.05) is 54.1 Å². The summed E-state index contributed by atoms with van der Waals surface area (Å²) in [6, 6.07) is 16.8. The highest BCUT2D eigenvalue weighted by Gasteiger charge is 2.44. The van der Waals surface area contributed by atoms with Crippen LogP contribution in [0.25, 0.3) is 0 Å². The monoisotopic (exact) mass is 357 g/mol. The summed E-state index contributed by atoms with van der Waals surface area (Å²) in [5.41, 5.74) is 2.01. The minimum atomic E-state index is -0.863. The molecule has 0 aromatic heterocycles. The van der Waals surface area contributed by atoms with Crippen molar-refractivity contribution in [2.24, 2.45) is 5.92 Å². The molecule has 1 amide bonds. The largest absolute Gasteiger partial charge is 0.481 e. The Labute approximate surface area is 151 Å². The highest BCUT2D eigenvalue weighted by Crippen LogP contribution is 2.48. The predicted octanol–water partition coefficient (Wildman–Crippen LogP) is 4.17. The number of carbonyl (C=O) groups excluding carboxylic acids is 1. The van der Waals surface area contributed by atoms with Crippen LogP contribution in [0.15, 0.2) is 54.6 Å². The van der Waals surface area contributed by atoms with Gasteiger partial charge in [0.1, 0.15) is 0 Å². The molecular formula is C20H20ClNO3. The van der Waals surface area contributed by atoms with Crippen molar-refractivity contribution in [1.82, 2.24) is 5.32 Å². The van der Waals surface area contributed by atoms with Crippen LogP contribution in [0.2, 0.25) is 5.02 Å². The molecule has 1 aliphatic carbocycles. The van der Waals surface area contributed by atoms with E-state index in [9.17, 15) is 9.59 Å². The van der Waals surface area contributed by atoms with E-state index >= 15 is 0 Å². The maximum atomic E-state index is 12.6. The summed E-state index contributed by atoms with van der Waals surface area (Å²) in [5, 5.41) is 12.7. The van der Waals surface area contributed by atoms with Gasteiger partial charge in [-0.25, -0.2) is 0 Å². The fourth-order valence-corrected chi connectivity index (χ4v) is 3.34. The molecule has 0 heterocycles. The average molecular weight is 358 g/mol. The minimum absolute atomic E-state index is 0.0161. The van der Waals surface area contributed by atoms with E-state index in [0.29, 0.717) is 11.4 Å². The van der Waals surface area contributed by atoms with Crippen LogP contribution in [0.3, 0.4) is 0 Å². The first-order chi connectivity index (χ1) is 12.0. The molecule has 25 heavy (non-hydrogen) atoms. The van der Waals surface area contributed by atoms with E-state index in [1.165, 1.54) is 0 Å². The van der Waals surface area contributed by atoms with Gasteiger partial charge < -0.3 is 10.4 Å².